The van der Waals surface area contributed by atoms with E-state index in [4.69, 9.17) is 0 Å². The Morgan fingerprint density at radius 1 is 0.739 bits per heavy atom. The number of hydrogen-bond donors (Lipinski definition) is 0. The molecular weight excluding hydrogens is 284 g/mol. The second-order valence-corrected chi connectivity index (χ2v) is 5.70. The molecule has 0 N–H and O–H groups in total. The first-order chi connectivity index (χ1) is 11.3. The SMILES string of the molecule is CCCCCCCCCCC/C=C/C=C/C=C/C=C/C(=O)OC. The van der Waals surface area contributed by atoms with E-state index in [1.165, 1.54) is 71.0 Å². The standard InChI is InChI=1S/C21H34O2/c1-3-4-5-6-7-8-9-10-11-12-13-14-15-16-17-18-19-20-21(22)23-2/h13-20H,3-12H2,1-2H3/b14-13+,16-15+,18-17+,20-19+. The molecule has 2 nitrogen and oxygen atoms in total. The van der Waals surface area contributed by atoms with Crippen molar-refractivity contribution in [2.75, 3.05) is 7.11 Å². The van der Waals surface area contributed by atoms with Crippen molar-refractivity contribution in [1.82, 2.24) is 0 Å². The topological polar surface area (TPSA) is 26.3 Å². The lowest BCUT2D eigenvalue weighted by atomic mass is 10.1. The summed E-state index contributed by atoms with van der Waals surface area (Å²) in [5.41, 5.74) is 0. The molecule has 0 amide bonds. The summed E-state index contributed by atoms with van der Waals surface area (Å²) in [5.74, 6) is -0.334. The number of ether oxygens (including phenoxy) is 1. The zero-order valence-corrected chi connectivity index (χ0v) is 15.0. The van der Waals surface area contributed by atoms with E-state index < -0.39 is 0 Å². The van der Waals surface area contributed by atoms with E-state index in [2.05, 4.69) is 23.8 Å². The van der Waals surface area contributed by atoms with Crippen LogP contribution in [0.2, 0.25) is 0 Å². The third-order valence-corrected chi connectivity index (χ3v) is 3.60. The van der Waals surface area contributed by atoms with Crippen molar-refractivity contribution >= 4 is 5.97 Å². The molecular formula is C21H34O2. The van der Waals surface area contributed by atoms with Gasteiger partial charge in [0.25, 0.3) is 0 Å². The largest absolute Gasteiger partial charge is 0.466 e. The summed E-state index contributed by atoms with van der Waals surface area (Å²) in [4.78, 5) is 10.8. The molecule has 0 rings (SSSR count). The lowest BCUT2D eigenvalue weighted by molar-refractivity contribution is -0.134. The number of allylic oxidation sites excluding steroid dienone is 7. The molecule has 0 aromatic carbocycles. The highest BCUT2D eigenvalue weighted by atomic mass is 16.5. The van der Waals surface area contributed by atoms with Crippen molar-refractivity contribution in [3.63, 3.8) is 0 Å². The van der Waals surface area contributed by atoms with E-state index >= 15 is 0 Å². The van der Waals surface area contributed by atoms with Gasteiger partial charge in [0.05, 0.1) is 7.11 Å². The maximum absolute atomic E-state index is 10.8. The number of carbonyl (C=O) groups excluding carboxylic acids is 1. The fourth-order valence-electron chi connectivity index (χ4n) is 2.21. The molecule has 0 aromatic rings. The summed E-state index contributed by atoms with van der Waals surface area (Å²) >= 11 is 0. The minimum atomic E-state index is -0.334. The Balaban J connectivity index is 3.40. The lowest BCUT2D eigenvalue weighted by Gasteiger charge is -2.00. The van der Waals surface area contributed by atoms with Gasteiger partial charge in [0.2, 0.25) is 0 Å². The summed E-state index contributed by atoms with van der Waals surface area (Å²) in [6.07, 6.45) is 28.6. The lowest BCUT2D eigenvalue weighted by Crippen LogP contribution is -1.92. The Morgan fingerprint density at radius 3 is 1.87 bits per heavy atom. The summed E-state index contributed by atoms with van der Waals surface area (Å²) in [5, 5.41) is 0. The van der Waals surface area contributed by atoms with Gasteiger partial charge < -0.3 is 4.74 Å². The Morgan fingerprint density at radius 2 is 1.26 bits per heavy atom. The summed E-state index contributed by atoms with van der Waals surface area (Å²) in [7, 11) is 1.37. The van der Waals surface area contributed by atoms with E-state index in [0.717, 1.165) is 6.42 Å². The Labute approximate surface area is 143 Å². The molecule has 0 unspecified atom stereocenters. The molecule has 0 saturated carbocycles. The first-order valence-corrected chi connectivity index (χ1v) is 9.05. The molecule has 0 fully saturated rings. The Kier molecular flexibility index (Phi) is 17.2. The van der Waals surface area contributed by atoms with Crippen LogP contribution in [0.3, 0.4) is 0 Å². The van der Waals surface area contributed by atoms with Gasteiger partial charge in [-0.25, -0.2) is 4.79 Å². The van der Waals surface area contributed by atoms with Gasteiger partial charge in [0.15, 0.2) is 0 Å². The Hall–Kier alpha value is -1.57. The fourth-order valence-corrected chi connectivity index (χ4v) is 2.21. The number of esters is 1. The number of carbonyl (C=O) groups is 1. The van der Waals surface area contributed by atoms with Crippen molar-refractivity contribution in [2.45, 2.75) is 71.1 Å². The van der Waals surface area contributed by atoms with Gasteiger partial charge in [-0.15, -0.1) is 0 Å². The molecule has 0 aliphatic heterocycles. The smallest absolute Gasteiger partial charge is 0.330 e. The molecule has 0 bridgehead atoms. The molecule has 0 saturated heterocycles. The van der Waals surface area contributed by atoms with Crippen LogP contribution in [-0.2, 0) is 9.53 Å². The first kappa shape index (κ1) is 21.4. The van der Waals surface area contributed by atoms with Crippen LogP contribution in [-0.4, -0.2) is 13.1 Å². The van der Waals surface area contributed by atoms with Gasteiger partial charge in [-0.2, -0.15) is 0 Å². The summed E-state index contributed by atoms with van der Waals surface area (Å²) in [6.45, 7) is 2.27. The van der Waals surface area contributed by atoms with E-state index in [-0.39, 0.29) is 5.97 Å². The number of unbranched alkanes of at least 4 members (excludes halogenated alkanes) is 9. The molecule has 2 heteroatoms. The minimum Gasteiger partial charge on any atom is -0.466 e. The van der Waals surface area contributed by atoms with Gasteiger partial charge in [-0.05, 0) is 12.8 Å². The van der Waals surface area contributed by atoms with Crippen molar-refractivity contribution in [2.24, 2.45) is 0 Å². The summed E-state index contributed by atoms with van der Waals surface area (Å²) in [6, 6.07) is 0. The maximum Gasteiger partial charge on any atom is 0.330 e. The van der Waals surface area contributed by atoms with Crippen LogP contribution in [0.1, 0.15) is 71.1 Å². The van der Waals surface area contributed by atoms with Crippen LogP contribution in [0.4, 0.5) is 0 Å². The molecule has 0 spiro atoms. The fraction of sp³-hybridized carbons (Fsp3) is 0.571. The second kappa shape index (κ2) is 18.5. The maximum atomic E-state index is 10.8. The molecule has 0 radical (unpaired) electrons. The van der Waals surface area contributed by atoms with Gasteiger partial charge in [0.1, 0.15) is 0 Å². The molecule has 0 aromatic heterocycles. The van der Waals surface area contributed by atoms with E-state index in [9.17, 15) is 4.79 Å². The molecule has 0 atom stereocenters. The third-order valence-electron chi connectivity index (χ3n) is 3.60. The van der Waals surface area contributed by atoms with Crippen molar-refractivity contribution in [3.05, 3.63) is 48.6 Å². The zero-order valence-electron chi connectivity index (χ0n) is 15.0. The minimum absolute atomic E-state index is 0.334. The molecule has 130 valence electrons. The van der Waals surface area contributed by atoms with Crippen LogP contribution >= 0.6 is 0 Å². The molecule has 0 aliphatic carbocycles. The van der Waals surface area contributed by atoms with E-state index in [1.54, 1.807) is 6.08 Å². The van der Waals surface area contributed by atoms with Crippen molar-refractivity contribution in [1.29, 1.82) is 0 Å². The highest BCUT2D eigenvalue weighted by Crippen LogP contribution is 2.10. The average Bonchev–Trinajstić information content (AvgIpc) is 2.57. The number of rotatable bonds is 14. The van der Waals surface area contributed by atoms with E-state index in [0.29, 0.717) is 0 Å². The first-order valence-electron chi connectivity index (χ1n) is 9.05. The predicted octanol–water partition coefficient (Wildman–Crippen LogP) is 6.31. The van der Waals surface area contributed by atoms with Crippen LogP contribution in [0.25, 0.3) is 0 Å². The van der Waals surface area contributed by atoms with Crippen molar-refractivity contribution < 1.29 is 9.53 Å². The van der Waals surface area contributed by atoms with Crippen molar-refractivity contribution in [3.8, 4) is 0 Å². The third kappa shape index (κ3) is 18.4. The molecule has 0 heterocycles. The highest BCUT2D eigenvalue weighted by molar-refractivity contribution is 5.82. The van der Waals surface area contributed by atoms with Gasteiger partial charge in [-0.3, -0.25) is 0 Å². The van der Waals surface area contributed by atoms with E-state index in [1.807, 2.05) is 24.3 Å². The van der Waals surface area contributed by atoms with Crippen LogP contribution in [0.15, 0.2) is 48.6 Å². The summed E-state index contributed by atoms with van der Waals surface area (Å²) < 4.78 is 4.49. The number of methoxy groups -OCH3 is 1. The second-order valence-electron chi connectivity index (χ2n) is 5.70. The Bertz CT molecular complexity index is 375. The molecule has 0 aliphatic rings. The number of hydrogen-bond acceptors (Lipinski definition) is 2. The van der Waals surface area contributed by atoms with Crippen LogP contribution in [0, 0.1) is 0 Å². The van der Waals surface area contributed by atoms with Crippen LogP contribution < -0.4 is 0 Å². The quantitative estimate of drug-likeness (QED) is 0.162. The molecule has 23 heavy (non-hydrogen) atoms. The van der Waals surface area contributed by atoms with Gasteiger partial charge >= 0.3 is 5.97 Å². The van der Waals surface area contributed by atoms with Crippen LogP contribution in [0.5, 0.6) is 0 Å². The normalized spacial score (nSPS) is 12.3. The highest BCUT2D eigenvalue weighted by Gasteiger charge is 1.90. The average molecular weight is 319 g/mol. The van der Waals surface area contributed by atoms with Gasteiger partial charge in [-0.1, -0.05) is 101 Å². The monoisotopic (exact) mass is 318 g/mol. The predicted molar refractivity (Wildman–Crippen MR) is 100 cm³/mol. The van der Waals surface area contributed by atoms with Gasteiger partial charge in [0, 0.05) is 6.08 Å². The zero-order chi connectivity index (χ0) is 17.0.